The van der Waals surface area contributed by atoms with Gasteiger partial charge in [0.15, 0.2) is 8.57 Å². The van der Waals surface area contributed by atoms with Gasteiger partial charge in [0.25, 0.3) is 5.56 Å². The first kappa shape index (κ1) is 25.2. The minimum atomic E-state index is -0.736. The van der Waals surface area contributed by atoms with Crippen molar-refractivity contribution in [2.24, 2.45) is 4.99 Å². The molecule has 2 aromatic heterocycles. The molecule has 9 heteroatoms. The summed E-state index contributed by atoms with van der Waals surface area (Å²) in [5.41, 5.74) is 2.04. The lowest BCUT2D eigenvalue weighted by atomic mass is 9.93. The van der Waals surface area contributed by atoms with Crippen LogP contribution in [0.5, 0.6) is 5.75 Å². The lowest BCUT2D eigenvalue weighted by Gasteiger charge is -2.26. The smallest absolute Gasteiger partial charge is 0.338 e. The predicted octanol–water partition coefficient (Wildman–Crippen LogP) is 4.53. The number of ether oxygens (including phenoxy) is 2. The first-order valence-corrected chi connectivity index (χ1v) is 13.7. The van der Waals surface area contributed by atoms with E-state index in [9.17, 15) is 9.59 Å². The highest BCUT2D eigenvalue weighted by Crippen LogP contribution is 2.35. The minimum absolute atomic E-state index is 0.196. The maximum Gasteiger partial charge on any atom is 0.338 e. The van der Waals surface area contributed by atoms with Gasteiger partial charge < -0.3 is 13.9 Å². The maximum atomic E-state index is 13.8. The molecule has 0 saturated heterocycles. The number of carbonyl (C=O) groups is 1. The number of rotatable bonds is 7. The summed E-state index contributed by atoms with van der Waals surface area (Å²) in [5, 5.41) is 0. The van der Waals surface area contributed by atoms with Gasteiger partial charge in [-0.15, -0.1) is 0 Å². The number of hydrogen-bond donors (Lipinski definition) is 0. The van der Waals surface area contributed by atoms with Crippen molar-refractivity contribution in [1.29, 1.82) is 0 Å². The van der Waals surface area contributed by atoms with E-state index in [4.69, 9.17) is 18.9 Å². The molecule has 3 heterocycles. The Morgan fingerprint density at radius 3 is 2.49 bits per heavy atom. The zero-order valence-electron chi connectivity index (χ0n) is 20.1. The molecule has 0 spiro atoms. The summed E-state index contributed by atoms with van der Waals surface area (Å²) < 4.78 is 19.5. The summed E-state index contributed by atoms with van der Waals surface area (Å²) in [6, 6.07) is 19.8. The van der Waals surface area contributed by atoms with Crippen LogP contribution in [0.15, 0.2) is 86.5 Å². The fourth-order valence-electron chi connectivity index (χ4n) is 4.20. The van der Waals surface area contributed by atoms with Crippen LogP contribution < -0.4 is 19.6 Å². The Labute approximate surface area is 230 Å². The van der Waals surface area contributed by atoms with E-state index in [1.807, 2.05) is 73.7 Å². The van der Waals surface area contributed by atoms with Crippen LogP contribution in [0, 0.1) is 3.77 Å². The summed E-state index contributed by atoms with van der Waals surface area (Å²) in [6.07, 6.45) is 1.71. The molecule has 1 atom stereocenters. The SMILES string of the molecule is CCOC(=O)C1=C(c2ccccc2)N=c2s/c(=C\c3ccc(I)o3)c(=O)n2[C@H]1c1ccc(OCC)cc1. The highest BCUT2D eigenvalue weighted by Gasteiger charge is 2.35. The third kappa shape index (κ3) is 5.05. The van der Waals surface area contributed by atoms with Crippen LogP contribution in [0.3, 0.4) is 0 Å². The zero-order chi connectivity index (χ0) is 25.9. The summed E-state index contributed by atoms with van der Waals surface area (Å²) in [7, 11) is 0. The molecular formula is C28H23IN2O5S. The zero-order valence-corrected chi connectivity index (χ0v) is 23.1. The molecule has 0 amide bonds. The topological polar surface area (TPSA) is 83.0 Å². The van der Waals surface area contributed by atoms with Crippen LogP contribution in [0.4, 0.5) is 0 Å². The number of thiazole rings is 1. The fourth-order valence-corrected chi connectivity index (χ4v) is 5.62. The van der Waals surface area contributed by atoms with E-state index in [0.29, 0.717) is 38.7 Å². The molecule has 37 heavy (non-hydrogen) atoms. The van der Waals surface area contributed by atoms with Gasteiger partial charge >= 0.3 is 5.97 Å². The molecule has 188 valence electrons. The van der Waals surface area contributed by atoms with Crippen LogP contribution in [0.25, 0.3) is 11.8 Å². The number of carbonyl (C=O) groups excluding carboxylic acids is 1. The minimum Gasteiger partial charge on any atom is -0.494 e. The van der Waals surface area contributed by atoms with Crippen LogP contribution >= 0.6 is 33.9 Å². The standard InChI is InChI=1S/C28H23IN2O5S/c1-3-34-19-12-10-18(11-13-19)25-23(27(33)35-4-2)24(17-8-6-5-7-9-17)30-28-31(25)26(32)21(37-28)16-20-14-15-22(29)36-20/h5-16,25H,3-4H2,1-2H3/b21-16-/t25-/m0/s1. The van der Waals surface area contributed by atoms with Crippen LogP contribution in [0.2, 0.25) is 0 Å². The van der Waals surface area contributed by atoms with Crippen LogP contribution in [-0.2, 0) is 9.53 Å². The van der Waals surface area contributed by atoms with Crippen molar-refractivity contribution in [1.82, 2.24) is 4.57 Å². The second-order valence-corrected chi connectivity index (χ2v) is 10.1. The Balaban J connectivity index is 1.80. The summed E-state index contributed by atoms with van der Waals surface area (Å²) in [6.45, 7) is 4.40. The molecule has 1 aliphatic heterocycles. The molecular weight excluding hydrogens is 603 g/mol. The van der Waals surface area contributed by atoms with Crippen molar-refractivity contribution < 1.29 is 18.7 Å². The van der Waals surface area contributed by atoms with Gasteiger partial charge in [-0.05, 0) is 66.3 Å². The van der Waals surface area contributed by atoms with Crippen molar-refractivity contribution >= 4 is 51.7 Å². The average molecular weight is 626 g/mol. The Hall–Kier alpha value is -3.44. The molecule has 0 radical (unpaired) electrons. The van der Waals surface area contributed by atoms with E-state index in [0.717, 1.165) is 14.9 Å². The number of hydrogen-bond acceptors (Lipinski definition) is 7. The lowest BCUT2D eigenvalue weighted by Crippen LogP contribution is -2.40. The number of aromatic nitrogens is 1. The van der Waals surface area contributed by atoms with Crippen molar-refractivity contribution in [2.45, 2.75) is 19.9 Å². The van der Waals surface area contributed by atoms with E-state index in [1.54, 1.807) is 17.6 Å². The molecule has 2 aromatic carbocycles. The number of fused-ring (bicyclic) bond motifs is 1. The van der Waals surface area contributed by atoms with Crippen LogP contribution in [0.1, 0.15) is 36.8 Å². The molecule has 0 unspecified atom stereocenters. The second-order valence-electron chi connectivity index (χ2n) is 8.08. The average Bonchev–Trinajstić information content (AvgIpc) is 3.46. The Kier molecular flexibility index (Phi) is 7.43. The summed E-state index contributed by atoms with van der Waals surface area (Å²) in [4.78, 5) is 32.6. The molecule has 4 aromatic rings. The van der Waals surface area contributed by atoms with Crippen LogP contribution in [-0.4, -0.2) is 23.8 Å². The van der Waals surface area contributed by atoms with Gasteiger partial charge in [0.2, 0.25) is 0 Å². The molecule has 7 nitrogen and oxygen atoms in total. The van der Waals surface area contributed by atoms with E-state index >= 15 is 0 Å². The summed E-state index contributed by atoms with van der Waals surface area (Å²) in [5.74, 6) is 0.759. The Morgan fingerprint density at radius 1 is 1.08 bits per heavy atom. The number of nitrogens with zero attached hydrogens (tertiary/aromatic N) is 2. The number of halogens is 1. The second kappa shape index (κ2) is 10.9. The van der Waals surface area contributed by atoms with Gasteiger partial charge in [-0.2, -0.15) is 0 Å². The summed E-state index contributed by atoms with van der Waals surface area (Å²) >= 11 is 3.34. The maximum absolute atomic E-state index is 13.8. The quantitative estimate of drug-likeness (QED) is 0.223. The van der Waals surface area contributed by atoms with Gasteiger partial charge in [-0.3, -0.25) is 9.36 Å². The van der Waals surface area contributed by atoms with Crippen molar-refractivity contribution in [3.05, 3.63) is 113 Å². The van der Waals surface area contributed by atoms with Gasteiger partial charge in [0.05, 0.1) is 35.1 Å². The van der Waals surface area contributed by atoms with Gasteiger partial charge in [-0.1, -0.05) is 53.8 Å². The lowest BCUT2D eigenvalue weighted by molar-refractivity contribution is -0.138. The first-order chi connectivity index (χ1) is 18.0. The normalized spacial score (nSPS) is 15.3. The van der Waals surface area contributed by atoms with E-state index in [-0.39, 0.29) is 12.2 Å². The molecule has 0 aliphatic carbocycles. The van der Waals surface area contributed by atoms with Gasteiger partial charge in [-0.25, -0.2) is 9.79 Å². The number of esters is 1. The van der Waals surface area contributed by atoms with E-state index in [1.165, 1.54) is 11.3 Å². The molecule has 5 rings (SSSR count). The highest BCUT2D eigenvalue weighted by atomic mass is 127. The van der Waals surface area contributed by atoms with E-state index in [2.05, 4.69) is 22.6 Å². The fraction of sp³-hybridized carbons (Fsp3) is 0.179. The monoisotopic (exact) mass is 626 g/mol. The van der Waals surface area contributed by atoms with Crippen molar-refractivity contribution in [3.8, 4) is 5.75 Å². The molecule has 0 bridgehead atoms. The third-order valence-corrected chi connectivity index (χ3v) is 7.31. The van der Waals surface area contributed by atoms with Gasteiger partial charge in [0, 0.05) is 11.6 Å². The molecule has 0 N–H and O–H groups in total. The first-order valence-electron chi connectivity index (χ1n) is 11.8. The molecule has 0 saturated carbocycles. The van der Waals surface area contributed by atoms with E-state index < -0.39 is 12.0 Å². The Bertz CT molecular complexity index is 1650. The molecule has 0 fully saturated rings. The number of benzene rings is 2. The Morgan fingerprint density at radius 2 is 1.84 bits per heavy atom. The predicted molar refractivity (Wildman–Crippen MR) is 150 cm³/mol. The number of furan rings is 1. The van der Waals surface area contributed by atoms with Gasteiger partial charge in [0.1, 0.15) is 11.5 Å². The highest BCUT2D eigenvalue weighted by molar-refractivity contribution is 14.1. The molecule has 1 aliphatic rings. The third-order valence-electron chi connectivity index (χ3n) is 5.75. The van der Waals surface area contributed by atoms with Crippen molar-refractivity contribution in [3.63, 3.8) is 0 Å². The van der Waals surface area contributed by atoms with Crippen molar-refractivity contribution in [2.75, 3.05) is 13.2 Å². The largest absolute Gasteiger partial charge is 0.494 e.